The average Bonchev–Trinajstić information content (AvgIpc) is 2.68. The molecule has 0 aromatic heterocycles. The molecule has 0 aliphatic carbocycles. The Balaban J connectivity index is 2.06. The van der Waals surface area contributed by atoms with E-state index in [1.165, 1.54) is 75.4 Å². The molecule has 1 N–H and O–H groups in total. The highest BCUT2D eigenvalue weighted by Gasteiger charge is 2.19. The van der Waals surface area contributed by atoms with E-state index < -0.39 is 8.07 Å². The Labute approximate surface area is 175 Å². The molecule has 3 heteroatoms. The van der Waals surface area contributed by atoms with Gasteiger partial charge in [0.1, 0.15) is 0 Å². The first-order valence-electron chi connectivity index (χ1n) is 11.8. The van der Waals surface area contributed by atoms with Crippen molar-refractivity contribution in [1.29, 1.82) is 0 Å². The van der Waals surface area contributed by atoms with Crippen LogP contribution < -0.4 is 5.32 Å². The van der Waals surface area contributed by atoms with Crippen LogP contribution in [0, 0.1) is 0 Å². The lowest BCUT2D eigenvalue weighted by Gasteiger charge is -2.22. The maximum Gasteiger partial charge on any atom is 0.220 e. The van der Waals surface area contributed by atoms with Gasteiger partial charge in [0.05, 0.1) is 6.04 Å². The van der Waals surface area contributed by atoms with Crippen molar-refractivity contribution >= 4 is 14.0 Å². The van der Waals surface area contributed by atoms with Crippen LogP contribution in [0.5, 0.6) is 0 Å². The number of hydrogen-bond donors (Lipinski definition) is 1. The predicted molar refractivity (Wildman–Crippen MR) is 127 cm³/mol. The Morgan fingerprint density at radius 1 is 0.857 bits per heavy atom. The largest absolute Gasteiger partial charge is 0.350 e. The van der Waals surface area contributed by atoms with Crippen LogP contribution in [0.1, 0.15) is 96.1 Å². The van der Waals surface area contributed by atoms with Gasteiger partial charge in [0, 0.05) is 14.5 Å². The van der Waals surface area contributed by atoms with Crippen molar-refractivity contribution in [3.63, 3.8) is 0 Å². The smallest absolute Gasteiger partial charge is 0.220 e. The van der Waals surface area contributed by atoms with Gasteiger partial charge in [-0.05, 0) is 18.9 Å². The van der Waals surface area contributed by atoms with Crippen molar-refractivity contribution in [2.24, 2.45) is 0 Å². The molecule has 0 bridgehead atoms. The molecule has 2 nitrogen and oxygen atoms in total. The van der Waals surface area contributed by atoms with Crippen molar-refractivity contribution in [3.8, 4) is 0 Å². The lowest BCUT2D eigenvalue weighted by molar-refractivity contribution is -0.121. The van der Waals surface area contributed by atoms with E-state index in [0.717, 1.165) is 6.42 Å². The van der Waals surface area contributed by atoms with Crippen molar-refractivity contribution in [2.45, 2.75) is 116 Å². The van der Waals surface area contributed by atoms with Gasteiger partial charge in [0.2, 0.25) is 5.91 Å². The number of unbranched alkanes of at least 4 members (excludes halogenated alkanes) is 8. The second kappa shape index (κ2) is 14.8. The van der Waals surface area contributed by atoms with Crippen LogP contribution >= 0.6 is 0 Å². The molecule has 0 radical (unpaired) electrons. The van der Waals surface area contributed by atoms with Gasteiger partial charge in [-0.25, -0.2) is 0 Å². The van der Waals surface area contributed by atoms with Crippen molar-refractivity contribution < 1.29 is 4.79 Å². The van der Waals surface area contributed by atoms with Crippen LogP contribution in [-0.2, 0) is 4.79 Å². The summed E-state index contributed by atoms with van der Waals surface area (Å²) in [7, 11) is -1.07. The Morgan fingerprint density at radius 2 is 1.39 bits per heavy atom. The monoisotopic (exact) mass is 403 g/mol. The van der Waals surface area contributed by atoms with Gasteiger partial charge < -0.3 is 5.32 Å². The molecule has 0 aliphatic heterocycles. The zero-order valence-electron chi connectivity index (χ0n) is 19.1. The van der Waals surface area contributed by atoms with Gasteiger partial charge in [-0.3, -0.25) is 4.79 Å². The van der Waals surface area contributed by atoms with Gasteiger partial charge in [0.15, 0.2) is 0 Å². The Hall–Kier alpha value is -1.09. The van der Waals surface area contributed by atoms with E-state index >= 15 is 0 Å². The third-order valence-electron chi connectivity index (χ3n) is 5.89. The number of carbonyl (C=O) groups is 1. The van der Waals surface area contributed by atoms with Crippen LogP contribution in [0.4, 0.5) is 0 Å². The maximum absolute atomic E-state index is 12.2. The maximum atomic E-state index is 12.2. The number of rotatable bonds is 16. The molecule has 1 amide bonds. The lowest BCUT2D eigenvalue weighted by Crippen LogP contribution is -2.27. The van der Waals surface area contributed by atoms with Gasteiger partial charge in [-0.2, -0.15) is 0 Å². The fourth-order valence-corrected chi connectivity index (χ4v) is 6.55. The first-order valence-corrected chi connectivity index (χ1v) is 15.2. The lowest BCUT2D eigenvalue weighted by atomic mass is 10.1. The number of hydrogen-bond acceptors (Lipinski definition) is 1. The second-order valence-corrected chi connectivity index (χ2v) is 14.6. The highest BCUT2D eigenvalue weighted by molar-refractivity contribution is 6.77. The minimum atomic E-state index is -1.07. The van der Waals surface area contributed by atoms with Crippen molar-refractivity contribution in [1.82, 2.24) is 5.32 Å². The molecule has 1 aromatic carbocycles. The van der Waals surface area contributed by atoms with E-state index in [0.29, 0.717) is 6.42 Å². The Morgan fingerprint density at radius 3 is 2.00 bits per heavy atom. The number of nitrogens with one attached hydrogen (secondary N) is 1. The number of amides is 1. The topological polar surface area (TPSA) is 29.1 Å². The minimum absolute atomic E-state index is 0.0986. The molecule has 1 atom stereocenters. The first kappa shape index (κ1) is 24.9. The average molecular weight is 404 g/mol. The molecule has 1 unspecified atom stereocenters. The van der Waals surface area contributed by atoms with Gasteiger partial charge in [0.25, 0.3) is 0 Å². The Kier molecular flexibility index (Phi) is 13.2. The third-order valence-corrected chi connectivity index (χ3v) is 9.31. The Bertz CT molecular complexity index is 515. The standard InChI is InChI=1S/C25H45NOSi/c1-5-6-7-8-9-10-11-16-21-28(3,4)22-17-15-20-25(27)26-23(2)24-18-13-12-14-19-24/h12-14,18-19,23H,5-11,15-17,20-22H2,1-4H3,(H,26,27). The molecule has 0 fully saturated rings. The summed E-state index contributed by atoms with van der Waals surface area (Å²) in [5.41, 5.74) is 1.18. The highest BCUT2D eigenvalue weighted by Crippen LogP contribution is 2.23. The van der Waals surface area contributed by atoms with Crippen molar-refractivity contribution in [3.05, 3.63) is 35.9 Å². The molecule has 1 rings (SSSR count). The SMILES string of the molecule is CCCCCCCCCC[Si](C)(C)CCCCC(=O)NC(C)c1ccccc1. The fourth-order valence-electron chi connectivity index (χ4n) is 3.89. The highest BCUT2D eigenvalue weighted by atomic mass is 28.3. The van der Waals surface area contributed by atoms with Gasteiger partial charge in [-0.1, -0.05) is 120 Å². The van der Waals surface area contributed by atoms with E-state index in [1.807, 2.05) is 18.2 Å². The zero-order valence-corrected chi connectivity index (χ0v) is 20.1. The summed E-state index contributed by atoms with van der Waals surface area (Å²) in [6.45, 7) is 9.41. The molecular weight excluding hydrogens is 358 g/mol. The van der Waals surface area contributed by atoms with E-state index in [2.05, 4.69) is 44.4 Å². The van der Waals surface area contributed by atoms with Crippen LogP contribution in [0.25, 0.3) is 0 Å². The number of carbonyl (C=O) groups excluding carboxylic acids is 1. The summed E-state index contributed by atoms with van der Waals surface area (Å²) in [6.07, 6.45) is 14.2. The molecule has 0 saturated carbocycles. The fraction of sp³-hybridized carbons (Fsp3) is 0.720. The summed E-state index contributed by atoms with van der Waals surface area (Å²) in [5, 5.41) is 3.13. The molecule has 160 valence electrons. The first-order chi connectivity index (χ1) is 13.4. The minimum Gasteiger partial charge on any atom is -0.350 e. The summed E-state index contributed by atoms with van der Waals surface area (Å²) < 4.78 is 0. The summed E-state index contributed by atoms with van der Waals surface area (Å²) in [4.78, 5) is 12.2. The van der Waals surface area contributed by atoms with E-state index in [9.17, 15) is 4.79 Å². The van der Waals surface area contributed by atoms with E-state index in [4.69, 9.17) is 0 Å². The van der Waals surface area contributed by atoms with E-state index in [-0.39, 0.29) is 11.9 Å². The molecule has 0 spiro atoms. The van der Waals surface area contributed by atoms with Crippen LogP contribution in [0.15, 0.2) is 30.3 Å². The van der Waals surface area contributed by atoms with Crippen LogP contribution in [-0.4, -0.2) is 14.0 Å². The molecule has 1 aromatic rings. The molecule has 0 saturated heterocycles. The third kappa shape index (κ3) is 12.4. The second-order valence-electron chi connectivity index (χ2n) is 9.30. The predicted octanol–water partition coefficient (Wildman–Crippen LogP) is 7.88. The molecule has 0 aliphatic rings. The van der Waals surface area contributed by atoms with Crippen LogP contribution in [0.3, 0.4) is 0 Å². The summed E-state index contributed by atoms with van der Waals surface area (Å²) in [6, 6.07) is 13.1. The molecule has 28 heavy (non-hydrogen) atoms. The summed E-state index contributed by atoms with van der Waals surface area (Å²) >= 11 is 0. The van der Waals surface area contributed by atoms with Crippen molar-refractivity contribution in [2.75, 3.05) is 0 Å². The van der Waals surface area contributed by atoms with Gasteiger partial charge >= 0.3 is 0 Å². The van der Waals surface area contributed by atoms with Gasteiger partial charge in [-0.15, -0.1) is 0 Å². The molecule has 0 heterocycles. The zero-order chi connectivity index (χ0) is 20.7. The molecular formula is C25H45NOSi. The normalized spacial score (nSPS) is 12.7. The quantitative estimate of drug-likeness (QED) is 0.221. The number of benzene rings is 1. The van der Waals surface area contributed by atoms with E-state index in [1.54, 1.807) is 0 Å². The summed E-state index contributed by atoms with van der Waals surface area (Å²) in [5.74, 6) is 0.193. The van der Waals surface area contributed by atoms with Crippen LogP contribution in [0.2, 0.25) is 25.2 Å².